The van der Waals surface area contributed by atoms with Crippen LogP contribution in [0, 0.1) is 5.82 Å². The maximum absolute atomic E-state index is 13.3. The number of rotatable bonds is 3. The standard InChI is InChI=1S/C18H14ClF4N5O/c19-16-15(7-24-26-17(16)29)27-4-3-14-11(8-27)6-25-28(14)9-10-1-2-12(20)5-13(10)18(21,22)23/h1-2,5-7H,3-4,8-9H2,(H,26,29). The Kier molecular flexibility index (Phi) is 4.81. The Morgan fingerprint density at radius 1 is 1.24 bits per heavy atom. The van der Waals surface area contributed by atoms with E-state index in [0.29, 0.717) is 31.3 Å². The predicted molar refractivity (Wildman–Crippen MR) is 97.4 cm³/mol. The van der Waals surface area contributed by atoms with E-state index in [1.54, 1.807) is 6.20 Å². The summed E-state index contributed by atoms with van der Waals surface area (Å²) in [5.41, 5.74) is 0.499. The molecule has 0 saturated heterocycles. The zero-order valence-electron chi connectivity index (χ0n) is 14.8. The molecule has 0 bridgehead atoms. The second-order valence-electron chi connectivity index (χ2n) is 6.64. The van der Waals surface area contributed by atoms with Gasteiger partial charge in [-0.1, -0.05) is 17.7 Å². The number of aromatic amines is 1. The fourth-order valence-corrected chi connectivity index (χ4v) is 3.66. The zero-order chi connectivity index (χ0) is 20.8. The van der Waals surface area contributed by atoms with Crippen LogP contribution in [0.25, 0.3) is 0 Å². The molecule has 152 valence electrons. The molecule has 3 heterocycles. The first-order valence-electron chi connectivity index (χ1n) is 8.61. The van der Waals surface area contributed by atoms with Gasteiger partial charge >= 0.3 is 6.18 Å². The molecular weight excluding hydrogens is 414 g/mol. The van der Waals surface area contributed by atoms with Crippen molar-refractivity contribution in [3.05, 3.63) is 74.2 Å². The Balaban J connectivity index is 1.62. The molecule has 6 nitrogen and oxygen atoms in total. The van der Waals surface area contributed by atoms with E-state index >= 15 is 0 Å². The Morgan fingerprint density at radius 2 is 2.03 bits per heavy atom. The maximum Gasteiger partial charge on any atom is 0.416 e. The third-order valence-electron chi connectivity index (χ3n) is 4.83. The molecule has 3 aromatic rings. The highest BCUT2D eigenvalue weighted by atomic mass is 35.5. The summed E-state index contributed by atoms with van der Waals surface area (Å²) in [5, 5.41) is 10.3. The number of aromatic nitrogens is 4. The van der Waals surface area contributed by atoms with Crippen molar-refractivity contribution in [2.24, 2.45) is 0 Å². The van der Waals surface area contributed by atoms with Crippen LogP contribution in [0.3, 0.4) is 0 Å². The van der Waals surface area contributed by atoms with E-state index in [9.17, 15) is 22.4 Å². The number of hydrogen-bond donors (Lipinski definition) is 1. The molecule has 0 amide bonds. The molecule has 0 atom stereocenters. The minimum Gasteiger partial charge on any atom is -0.364 e. The predicted octanol–water partition coefficient (Wildman–Crippen LogP) is 3.39. The summed E-state index contributed by atoms with van der Waals surface area (Å²) in [6.45, 7) is 0.743. The molecule has 11 heteroatoms. The largest absolute Gasteiger partial charge is 0.416 e. The third kappa shape index (κ3) is 3.71. The summed E-state index contributed by atoms with van der Waals surface area (Å²) in [5.74, 6) is -0.942. The Hall–Kier alpha value is -2.88. The number of hydrogen-bond acceptors (Lipinski definition) is 4. The average Bonchev–Trinajstić information content (AvgIpc) is 3.06. The first-order chi connectivity index (χ1) is 13.7. The molecule has 0 saturated carbocycles. The van der Waals surface area contributed by atoms with Gasteiger partial charge in [-0.2, -0.15) is 23.4 Å². The van der Waals surface area contributed by atoms with Crippen LogP contribution in [-0.4, -0.2) is 26.5 Å². The molecule has 1 N–H and O–H groups in total. The molecule has 0 unspecified atom stereocenters. The molecule has 1 aliphatic rings. The maximum atomic E-state index is 13.3. The second kappa shape index (κ2) is 7.18. The minimum atomic E-state index is -4.66. The number of nitrogens with zero attached hydrogens (tertiary/aromatic N) is 4. The van der Waals surface area contributed by atoms with Gasteiger partial charge in [0, 0.05) is 30.8 Å². The molecule has 1 aromatic carbocycles. The number of alkyl halides is 3. The minimum absolute atomic E-state index is 0.0250. The second-order valence-corrected chi connectivity index (χ2v) is 7.02. The molecule has 0 spiro atoms. The first kappa shape index (κ1) is 19.4. The van der Waals surface area contributed by atoms with Crippen LogP contribution in [0.5, 0.6) is 0 Å². The Morgan fingerprint density at radius 3 is 2.79 bits per heavy atom. The lowest BCUT2D eigenvalue weighted by molar-refractivity contribution is -0.138. The van der Waals surface area contributed by atoms with Crippen molar-refractivity contribution in [3.63, 3.8) is 0 Å². The highest BCUT2D eigenvalue weighted by Gasteiger charge is 2.34. The van der Waals surface area contributed by atoms with Gasteiger partial charge in [-0.15, -0.1) is 0 Å². The number of fused-ring (bicyclic) bond motifs is 1. The van der Waals surface area contributed by atoms with Gasteiger partial charge < -0.3 is 4.90 Å². The van der Waals surface area contributed by atoms with Crippen molar-refractivity contribution in [2.75, 3.05) is 11.4 Å². The SMILES string of the molecule is O=c1[nH]ncc(N2CCc3c(cnn3Cc3ccc(F)cc3C(F)(F)F)C2)c1Cl. The molecule has 1 aliphatic heterocycles. The van der Waals surface area contributed by atoms with E-state index in [1.807, 2.05) is 4.90 Å². The summed E-state index contributed by atoms with van der Waals surface area (Å²) in [6.07, 6.45) is -1.15. The lowest BCUT2D eigenvalue weighted by Gasteiger charge is -2.29. The van der Waals surface area contributed by atoms with Gasteiger partial charge in [0.2, 0.25) is 0 Å². The van der Waals surface area contributed by atoms with Gasteiger partial charge in [-0.3, -0.25) is 9.48 Å². The van der Waals surface area contributed by atoms with E-state index in [4.69, 9.17) is 11.6 Å². The van der Waals surface area contributed by atoms with Crippen molar-refractivity contribution < 1.29 is 17.6 Å². The van der Waals surface area contributed by atoms with Crippen molar-refractivity contribution in [1.29, 1.82) is 0 Å². The lowest BCUT2D eigenvalue weighted by atomic mass is 10.1. The van der Waals surface area contributed by atoms with Gasteiger partial charge in [-0.25, -0.2) is 9.49 Å². The highest BCUT2D eigenvalue weighted by Crippen LogP contribution is 2.33. The zero-order valence-corrected chi connectivity index (χ0v) is 15.6. The number of H-pyrrole nitrogens is 1. The van der Waals surface area contributed by atoms with E-state index in [-0.39, 0.29) is 17.1 Å². The van der Waals surface area contributed by atoms with Gasteiger partial charge in [0.15, 0.2) is 0 Å². The lowest BCUT2D eigenvalue weighted by Crippen LogP contribution is -2.32. The Bertz CT molecular complexity index is 1120. The van der Waals surface area contributed by atoms with Crippen LogP contribution in [0.1, 0.15) is 22.4 Å². The van der Waals surface area contributed by atoms with E-state index in [1.165, 1.54) is 10.9 Å². The summed E-state index contributed by atoms with van der Waals surface area (Å²) < 4.78 is 54.6. The average molecular weight is 428 g/mol. The quantitative estimate of drug-likeness (QED) is 0.651. The number of nitrogens with one attached hydrogen (secondary N) is 1. The molecule has 4 rings (SSSR count). The van der Waals surface area contributed by atoms with Crippen LogP contribution in [0.15, 0.2) is 35.4 Å². The summed E-state index contributed by atoms with van der Waals surface area (Å²) in [7, 11) is 0. The van der Waals surface area contributed by atoms with E-state index in [2.05, 4.69) is 15.3 Å². The van der Waals surface area contributed by atoms with Gasteiger partial charge in [0.1, 0.15) is 10.8 Å². The van der Waals surface area contributed by atoms with Crippen LogP contribution in [0.2, 0.25) is 5.02 Å². The van der Waals surface area contributed by atoms with Crippen LogP contribution < -0.4 is 10.5 Å². The fourth-order valence-electron chi connectivity index (χ4n) is 3.44. The van der Waals surface area contributed by atoms with Crippen molar-refractivity contribution in [1.82, 2.24) is 20.0 Å². The monoisotopic (exact) mass is 427 g/mol. The number of halogens is 5. The summed E-state index contributed by atoms with van der Waals surface area (Å²) in [6, 6.07) is 2.63. The van der Waals surface area contributed by atoms with E-state index < -0.39 is 23.1 Å². The molecule has 29 heavy (non-hydrogen) atoms. The summed E-state index contributed by atoms with van der Waals surface area (Å²) in [4.78, 5) is 13.5. The van der Waals surface area contributed by atoms with Crippen LogP contribution in [-0.2, 0) is 25.7 Å². The third-order valence-corrected chi connectivity index (χ3v) is 5.20. The molecular formula is C18H14ClF4N5O. The van der Waals surface area contributed by atoms with Crippen molar-refractivity contribution >= 4 is 17.3 Å². The number of benzene rings is 1. The van der Waals surface area contributed by atoms with Gasteiger partial charge in [0.25, 0.3) is 5.56 Å². The molecule has 0 fully saturated rings. The highest BCUT2D eigenvalue weighted by molar-refractivity contribution is 6.32. The molecule has 0 aliphatic carbocycles. The number of anilines is 1. The van der Waals surface area contributed by atoms with Crippen molar-refractivity contribution in [2.45, 2.75) is 25.7 Å². The topological polar surface area (TPSA) is 66.8 Å². The normalized spacial score (nSPS) is 14.2. The van der Waals surface area contributed by atoms with Crippen LogP contribution in [0.4, 0.5) is 23.2 Å². The molecule has 2 aromatic heterocycles. The van der Waals surface area contributed by atoms with Crippen molar-refractivity contribution in [3.8, 4) is 0 Å². The Labute approximate surface area is 166 Å². The first-order valence-corrected chi connectivity index (χ1v) is 8.99. The van der Waals surface area contributed by atoms with E-state index in [0.717, 1.165) is 23.4 Å². The fraction of sp³-hybridized carbons (Fsp3) is 0.278. The van der Waals surface area contributed by atoms with Crippen LogP contribution >= 0.6 is 11.6 Å². The smallest absolute Gasteiger partial charge is 0.364 e. The molecule has 0 radical (unpaired) electrons. The van der Waals surface area contributed by atoms with Gasteiger partial charge in [0.05, 0.1) is 30.2 Å². The summed E-state index contributed by atoms with van der Waals surface area (Å²) >= 11 is 6.06. The van der Waals surface area contributed by atoms with Gasteiger partial charge in [-0.05, 0) is 17.7 Å².